The van der Waals surface area contributed by atoms with Gasteiger partial charge in [-0.3, -0.25) is 9.13 Å². The summed E-state index contributed by atoms with van der Waals surface area (Å²) >= 11 is 1.42. The van der Waals surface area contributed by atoms with Crippen LogP contribution in [0.1, 0.15) is 18.4 Å². The Labute approximate surface area is 244 Å². The van der Waals surface area contributed by atoms with E-state index in [1.165, 1.54) is 27.5 Å². The maximum Gasteiger partial charge on any atom is 0.330 e. The second-order valence-electron chi connectivity index (χ2n) is 10.2. The number of hydrogen-bond acceptors (Lipinski definition) is 10. The number of anilines is 1. The third-order valence-electron chi connectivity index (χ3n) is 7.47. The zero-order chi connectivity index (χ0) is 29.2. The van der Waals surface area contributed by atoms with Crippen molar-refractivity contribution in [1.29, 1.82) is 0 Å². The van der Waals surface area contributed by atoms with E-state index in [9.17, 15) is 9.18 Å². The van der Waals surface area contributed by atoms with Gasteiger partial charge in [0.25, 0.3) is 0 Å². The molecule has 1 aliphatic rings. The molecule has 42 heavy (non-hydrogen) atoms. The number of nitrogen functional groups attached to an aromatic ring is 1. The first-order valence-corrected chi connectivity index (χ1v) is 14.6. The maximum absolute atomic E-state index is 14.8. The average molecular weight is 594 g/mol. The van der Waals surface area contributed by atoms with Gasteiger partial charge < -0.3 is 20.1 Å². The predicted molar refractivity (Wildman–Crippen MR) is 158 cm³/mol. The number of methoxy groups -OCH3 is 1. The van der Waals surface area contributed by atoms with Crippen LogP contribution in [-0.4, -0.2) is 78.6 Å². The fourth-order valence-corrected chi connectivity index (χ4v) is 5.82. The SMILES string of the molecule is COCCOc1ccc(CC2=CCCN(CCn3c(=O)n(C)c4c3nc(N)n3nc(-c5nccs5)nc43)CC2)c(F)c1. The van der Waals surface area contributed by atoms with Gasteiger partial charge in [-0.25, -0.2) is 19.2 Å². The number of ether oxygens (including phenoxy) is 2. The smallest absolute Gasteiger partial charge is 0.330 e. The van der Waals surface area contributed by atoms with Crippen molar-refractivity contribution in [2.24, 2.45) is 7.05 Å². The van der Waals surface area contributed by atoms with E-state index >= 15 is 0 Å². The number of aromatic nitrogens is 7. The van der Waals surface area contributed by atoms with Gasteiger partial charge in [0, 0.05) is 58.0 Å². The lowest BCUT2D eigenvalue weighted by molar-refractivity contribution is 0.146. The lowest BCUT2D eigenvalue weighted by Gasteiger charge is -2.20. The lowest BCUT2D eigenvalue weighted by atomic mass is 10.0. The standard InChI is InChI=1S/C28H32FN9O3S/c1-35-22-24(33-27(30)38-25(22)32-23(34-38)26-31-8-15-42-26)37(28(35)39)12-11-36-9-3-4-18(7-10-36)16-19-5-6-20(17-21(19)29)41-14-13-40-2/h4-6,8,15,17H,3,7,9-14,16H2,1-2H3,(H2,30,33). The normalized spacial score (nSPS) is 14.5. The molecule has 0 unspecified atom stereocenters. The molecule has 1 aliphatic heterocycles. The third kappa shape index (κ3) is 5.52. The summed E-state index contributed by atoms with van der Waals surface area (Å²) in [5.74, 6) is 0.816. The molecule has 0 radical (unpaired) electrons. The van der Waals surface area contributed by atoms with Crippen LogP contribution in [0.15, 0.2) is 46.2 Å². The summed E-state index contributed by atoms with van der Waals surface area (Å²) in [4.78, 5) is 29.1. The van der Waals surface area contributed by atoms with Crippen molar-refractivity contribution in [2.75, 3.05) is 45.7 Å². The van der Waals surface area contributed by atoms with E-state index < -0.39 is 0 Å². The summed E-state index contributed by atoms with van der Waals surface area (Å²) in [7, 11) is 3.30. The second-order valence-corrected chi connectivity index (χ2v) is 11.1. The molecular weight excluding hydrogens is 561 g/mol. The Morgan fingerprint density at radius 3 is 2.81 bits per heavy atom. The molecule has 0 aliphatic carbocycles. The Morgan fingerprint density at radius 2 is 2.02 bits per heavy atom. The number of aryl methyl sites for hydroxylation is 1. The molecule has 0 atom stereocenters. The van der Waals surface area contributed by atoms with Crippen LogP contribution in [0.25, 0.3) is 27.6 Å². The highest BCUT2D eigenvalue weighted by Gasteiger charge is 2.22. The van der Waals surface area contributed by atoms with Gasteiger partial charge >= 0.3 is 5.69 Å². The zero-order valence-corrected chi connectivity index (χ0v) is 24.3. The van der Waals surface area contributed by atoms with Crippen molar-refractivity contribution in [3.05, 3.63) is 63.3 Å². The number of halogens is 1. The number of imidazole rings is 1. The van der Waals surface area contributed by atoms with Crippen LogP contribution < -0.4 is 16.2 Å². The summed E-state index contributed by atoms with van der Waals surface area (Å²) in [6.07, 6.45) is 6.12. The predicted octanol–water partition coefficient (Wildman–Crippen LogP) is 2.91. The lowest BCUT2D eigenvalue weighted by Crippen LogP contribution is -2.32. The highest BCUT2D eigenvalue weighted by molar-refractivity contribution is 7.13. The Hall–Kier alpha value is -4.14. The molecule has 5 heterocycles. The first kappa shape index (κ1) is 28.0. The Morgan fingerprint density at radius 1 is 1.14 bits per heavy atom. The van der Waals surface area contributed by atoms with Gasteiger partial charge in [0.2, 0.25) is 11.8 Å². The third-order valence-corrected chi connectivity index (χ3v) is 8.24. The number of hydrogen-bond donors (Lipinski definition) is 1. The highest BCUT2D eigenvalue weighted by Crippen LogP contribution is 2.25. The first-order chi connectivity index (χ1) is 20.4. The topological polar surface area (TPSA) is 131 Å². The molecule has 0 spiro atoms. The van der Waals surface area contributed by atoms with Gasteiger partial charge in [0.15, 0.2) is 16.3 Å². The molecule has 1 aromatic carbocycles. The molecule has 14 heteroatoms. The van der Waals surface area contributed by atoms with Crippen molar-refractivity contribution in [2.45, 2.75) is 25.8 Å². The quantitative estimate of drug-likeness (QED) is 0.192. The van der Waals surface area contributed by atoms with E-state index in [2.05, 4.69) is 31.0 Å². The molecular formula is C28H32FN9O3S. The minimum absolute atomic E-state index is 0.151. The van der Waals surface area contributed by atoms with E-state index in [4.69, 9.17) is 15.2 Å². The van der Waals surface area contributed by atoms with E-state index in [-0.39, 0.29) is 17.5 Å². The van der Waals surface area contributed by atoms with Crippen molar-refractivity contribution in [3.63, 3.8) is 0 Å². The number of nitrogens with two attached hydrogens (primary N) is 1. The molecule has 12 nitrogen and oxygen atoms in total. The first-order valence-electron chi connectivity index (χ1n) is 13.7. The average Bonchev–Trinajstić information content (AvgIpc) is 3.67. The summed E-state index contributed by atoms with van der Waals surface area (Å²) in [5.41, 5.74) is 9.42. The summed E-state index contributed by atoms with van der Waals surface area (Å²) in [5, 5.41) is 6.98. The fraction of sp³-hybridized carbons (Fsp3) is 0.393. The van der Waals surface area contributed by atoms with Crippen molar-refractivity contribution in [1.82, 2.24) is 38.6 Å². The van der Waals surface area contributed by atoms with Gasteiger partial charge in [-0.2, -0.15) is 9.50 Å². The van der Waals surface area contributed by atoms with Crippen LogP contribution >= 0.6 is 11.3 Å². The molecule has 2 N–H and O–H groups in total. The van der Waals surface area contributed by atoms with Crippen LogP contribution in [0.3, 0.4) is 0 Å². The van der Waals surface area contributed by atoms with E-state index in [1.54, 1.807) is 41.6 Å². The molecule has 0 amide bonds. The Balaban J connectivity index is 1.13. The highest BCUT2D eigenvalue weighted by atomic mass is 32.1. The van der Waals surface area contributed by atoms with Crippen molar-refractivity contribution >= 4 is 34.1 Å². The summed E-state index contributed by atoms with van der Waals surface area (Å²) < 4.78 is 29.9. The molecule has 0 saturated carbocycles. The van der Waals surface area contributed by atoms with Crippen LogP contribution in [0.4, 0.5) is 10.3 Å². The van der Waals surface area contributed by atoms with Crippen LogP contribution in [-0.2, 0) is 24.8 Å². The maximum atomic E-state index is 14.8. The van der Waals surface area contributed by atoms with Gasteiger partial charge in [0.1, 0.15) is 23.7 Å². The fourth-order valence-electron chi connectivity index (χ4n) is 5.26. The summed E-state index contributed by atoms with van der Waals surface area (Å²) in [6, 6.07) is 5.02. The second kappa shape index (κ2) is 12.0. The van der Waals surface area contributed by atoms with Gasteiger partial charge in [-0.1, -0.05) is 17.7 Å². The molecule has 0 fully saturated rings. The number of fused-ring (bicyclic) bond motifs is 3. The minimum Gasteiger partial charge on any atom is -0.491 e. The van der Waals surface area contributed by atoms with Crippen LogP contribution in [0, 0.1) is 5.82 Å². The van der Waals surface area contributed by atoms with Gasteiger partial charge in [-0.05, 0) is 30.9 Å². The summed E-state index contributed by atoms with van der Waals surface area (Å²) in [6.45, 7) is 3.59. The Bertz CT molecular complexity index is 1810. The number of rotatable bonds is 10. The van der Waals surface area contributed by atoms with Crippen molar-refractivity contribution in [3.8, 4) is 16.6 Å². The number of thiazole rings is 1. The number of benzene rings is 1. The minimum atomic E-state index is -0.269. The largest absolute Gasteiger partial charge is 0.491 e. The van der Waals surface area contributed by atoms with E-state index in [0.717, 1.165) is 25.9 Å². The monoisotopic (exact) mass is 593 g/mol. The molecule has 4 aromatic heterocycles. The van der Waals surface area contributed by atoms with Crippen LogP contribution in [0.5, 0.6) is 5.75 Å². The Kier molecular flexibility index (Phi) is 8.00. The van der Waals surface area contributed by atoms with Gasteiger partial charge in [-0.15, -0.1) is 16.4 Å². The molecule has 0 saturated heterocycles. The van der Waals surface area contributed by atoms with Gasteiger partial charge in [0.05, 0.1) is 6.61 Å². The van der Waals surface area contributed by atoms with E-state index in [0.29, 0.717) is 71.7 Å². The molecule has 6 rings (SSSR count). The van der Waals surface area contributed by atoms with E-state index in [1.807, 2.05) is 5.38 Å². The molecule has 5 aromatic rings. The molecule has 220 valence electrons. The molecule has 0 bridgehead atoms. The number of nitrogens with zero attached hydrogens (tertiary/aromatic N) is 8. The van der Waals surface area contributed by atoms with Crippen molar-refractivity contribution < 1.29 is 13.9 Å². The zero-order valence-electron chi connectivity index (χ0n) is 23.5. The van der Waals surface area contributed by atoms with Crippen LogP contribution in [0.2, 0.25) is 0 Å².